The number of ether oxygens (including phenoxy) is 2. The zero-order chi connectivity index (χ0) is 30.5. The van der Waals surface area contributed by atoms with E-state index in [9.17, 15) is 9.59 Å². The molecular formula is C34H41N5O5. The lowest BCUT2D eigenvalue weighted by molar-refractivity contribution is 0.0493. The molecule has 2 aromatic carbocycles. The van der Waals surface area contributed by atoms with E-state index in [0.29, 0.717) is 17.2 Å². The summed E-state index contributed by atoms with van der Waals surface area (Å²) in [6.45, 7) is 6.87. The van der Waals surface area contributed by atoms with E-state index in [-0.39, 0.29) is 30.1 Å². The van der Waals surface area contributed by atoms with Gasteiger partial charge in [-0.1, -0.05) is 36.4 Å². The second-order valence-corrected chi connectivity index (χ2v) is 11.8. The Kier molecular flexibility index (Phi) is 9.40. The first kappa shape index (κ1) is 30.1. The molecular weight excluding hydrogens is 558 g/mol. The minimum atomic E-state index is -0.318. The monoisotopic (exact) mass is 599 g/mol. The van der Waals surface area contributed by atoms with Crippen LogP contribution in [0.25, 0.3) is 0 Å². The number of nitrogens with one attached hydrogen (secondary N) is 1. The zero-order valence-corrected chi connectivity index (χ0v) is 25.5. The van der Waals surface area contributed by atoms with E-state index in [1.54, 1.807) is 24.3 Å². The molecule has 10 nitrogen and oxygen atoms in total. The summed E-state index contributed by atoms with van der Waals surface area (Å²) in [6.07, 6.45) is 3.72. The maximum Gasteiger partial charge on any atom is 0.321 e. The van der Waals surface area contributed by atoms with Gasteiger partial charge in [-0.05, 0) is 68.0 Å². The van der Waals surface area contributed by atoms with Gasteiger partial charge in [0.15, 0.2) is 0 Å². The number of carbonyl (C=O) groups excluding carboxylic acids is 2. The summed E-state index contributed by atoms with van der Waals surface area (Å²) >= 11 is 0. The van der Waals surface area contributed by atoms with Crippen LogP contribution in [0.1, 0.15) is 58.9 Å². The second kappa shape index (κ2) is 13.8. The number of nitrogens with zero attached hydrogens (tertiary/aromatic N) is 4. The van der Waals surface area contributed by atoms with Crippen LogP contribution in [0.2, 0.25) is 0 Å². The van der Waals surface area contributed by atoms with Crippen molar-refractivity contribution in [1.82, 2.24) is 25.2 Å². The molecule has 10 heteroatoms. The fourth-order valence-corrected chi connectivity index (χ4v) is 6.62. The SMILES string of the molecule is CONC(=O)c1ccc(Oc2ccc(CN3CCC(N4C(=O)N(C5CCOCC5)CC4c4ccccc4)CC3)c(C)n2)cc1. The van der Waals surface area contributed by atoms with Crippen molar-refractivity contribution in [2.45, 2.75) is 57.3 Å². The van der Waals surface area contributed by atoms with Gasteiger partial charge in [-0.2, -0.15) is 0 Å². The van der Waals surface area contributed by atoms with Crippen molar-refractivity contribution < 1.29 is 23.9 Å². The molecule has 1 N–H and O–H groups in total. The largest absolute Gasteiger partial charge is 0.439 e. The highest BCUT2D eigenvalue weighted by Gasteiger charge is 2.45. The van der Waals surface area contributed by atoms with E-state index in [1.165, 1.54) is 12.7 Å². The minimum Gasteiger partial charge on any atom is -0.439 e. The highest BCUT2D eigenvalue weighted by atomic mass is 16.6. The molecule has 0 bridgehead atoms. The van der Waals surface area contributed by atoms with Gasteiger partial charge in [0.1, 0.15) is 5.75 Å². The van der Waals surface area contributed by atoms with Crippen LogP contribution in [0.15, 0.2) is 66.7 Å². The standard InChI is InChI=1S/C34H41N5O5/c1-24-27(10-13-32(35-24)44-30-11-8-26(9-12-30)33(40)36-42-2)22-37-18-14-29(15-19-37)39-31(25-6-4-3-5-7-25)23-38(34(39)41)28-16-20-43-21-17-28/h3-13,28-29,31H,14-23H2,1-2H3,(H,36,40). The third-order valence-electron chi connectivity index (χ3n) is 9.04. The minimum absolute atomic E-state index is 0.0841. The molecule has 4 heterocycles. The first-order chi connectivity index (χ1) is 21.5. The Morgan fingerprint density at radius 3 is 2.36 bits per heavy atom. The Morgan fingerprint density at radius 1 is 0.955 bits per heavy atom. The molecule has 44 heavy (non-hydrogen) atoms. The average Bonchev–Trinajstić information content (AvgIpc) is 3.41. The number of aryl methyl sites for hydroxylation is 1. The van der Waals surface area contributed by atoms with E-state index in [0.717, 1.165) is 76.3 Å². The van der Waals surface area contributed by atoms with Gasteiger partial charge in [0.2, 0.25) is 5.88 Å². The van der Waals surface area contributed by atoms with E-state index < -0.39 is 0 Å². The number of amides is 3. The van der Waals surface area contributed by atoms with Crippen molar-refractivity contribution in [2.24, 2.45) is 0 Å². The van der Waals surface area contributed by atoms with Crippen molar-refractivity contribution in [3.05, 3.63) is 89.1 Å². The van der Waals surface area contributed by atoms with Gasteiger partial charge < -0.3 is 19.3 Å². The van der Waals surface area contributed by atoms with Gasteiger partial charge in [-0.15, -0.1) is 0 Å². The zero-order valence-electron chi connectivity index (χ0n) is 25.5. The maximum atomic E-state index is 13.9. The number of hydroxylamine groups is 1. The van der Waals surface area contributed by atoms with Gasteiger partial charge in [-0.25, -0.2) is 15.3 Å². The summed E-state index contributed by atoms with van der Waals surface area (Å²) in [4.78, 5) is 41.9. The number of piperidine rings is 1. The van der Waals surface area contributed by atoms with Crippen LogP contribution < -0.4 is 10.2 Å². The lowest BCUT2D eigenvalue weighted by atomic mass is 9.98. The summed E-state index contributed by atoms with van der Waals surface area (Å²) in [6, 6.07) is 22.0. The number of rotatable bonds is 9. The first-order valence-corrected chi connectivity index (χ1v) is 15.5. The highest BCUT2D eigenvalue weighted by Crippen LogP contribution is 2.37. The Bertz CT molecular complexity index is 1420. The van der Waals surface area contributed by atoms with E-state index in [1.807, 2.05) is 19.1 Å². The molecule has 232 valence electrons. The molecule has 3 aromatic rings. The van der Waals surface area contributed by atoms with Crippen molar-refractivity contribution in [1.29, 1.82) is 0 Å². The van der Waals surface area contributed by atoms with Crippen LogP contribution in [0, 0.1) is 6.92 Å². The Morgan fingerprint density at radius 2 is 1.68 bits per heavy atom. The maximum absolute atomic E-state index is 13.9. The third-order valence-corrected chi connectivity index (χ3v) is 9.04. The Hall–Kier alpha value is -3.99. The van der Waals surface area contributed by atoms with E-state index in [4.69, 9.17) is 9.47 Å². The molecule has 0 saturated carbocycles. The van der Waals surface area contributed by atoms with Crippen LogP contribution in [-0.4, -0.2) is 83.7 Å². The lowest BCUT2D eigenvalue weighted by Crippen LogP contribution is -2.48. The lowest BCUT2D eigenvalue weighted by Gasteiger charge is -2.39. The number of likely N-dealkylation sites (tertiary alicyclic amines) is 1. The molecule has 3 aliphatic heterocycles. The fraction of sp³-hybridized carbons (Fsp3) is 0.441. The molecule has 3 aliphatic rings. The average molecular weight is 600 g/mol. The third kappa shape index (κ3) is 6.72. The molecule has 3 amide bonds. The summed E-state index contributed by atoms with van der Waals surface area (Å²) in [7, 11) is 1.40. The fourth-order valence-electron chi connectivity index (χ4n) is 6.62. The Labute approximate surface area is 258 Å². The Balaban J connectivity index is 1.06. The quantitative estimate of drug-likeness (QED) is 0.342. The van der Waals surface area contributed by atoms with Crippen LogP contribution in [0.5, 0.6) is 11.6 Å². The van der Waals surface area contributed by atoms with Crippen LogP contribution in [0.3, 0.4) is 0 Å². The number of urea groups is 1. The molecule has 1 atom stereocenters. The molecule has 0 spiro atoms. The van der Waals surface area contributed by atoms with Gasteiger partial charge >= 0.3 is 6.03 Å². The molecule has 3 fully saturated rings. The van der Waals surface area contributed by atoms with Gasteiger partial charge in [-0.3, -0.25) is 14.5 Å². The number of aromatic nitrogens is 1. The van der Waals surface area contributed by atoms with Gasteiger partial charge in [0, 0.05) is 68.8 Å². The van der Waals surface area contributed by atoms with Crippen molar-refractivity contribution in [2.75, 3.05) is 40.0 Å². The number of carbonyl (C=O) groups is 2. The molecule has 1 aromatic heterocycles. The molecule has 1 unspecified atom stereocenters. The van der Waals surface area contributed by atoms with Gasteiger partial charge in [0.05, 0.1) is 13.2 Å². The van der Waals surface area contributed by atoms with Crippen LogP contribution >= 0.6 is 0 Å². The summed E-state index contributed by atoms with van der Waals surface area (Å²) in [5.41, 5.74) is 6.08. The predicted molar refractivity (Wildman–Crippen MR) is 165 cm³/mol. The predicted octanol–water partition coefficient (Wildman–Crippen LogP) is 5.10. The van der Waals surface area contributed by atoms with Crippen molar-refractivity contribution in [3.63, 3.8) is 0 Å². The van der Waals surface area contributed by atoms with Crippen molar-refractivity contribution in [3.8, 4) is 11.6 Å². The summed E-state index contributed by atoms with van der Waals surface area (Å²) < 4.78 is 11.5. The number of hydrogen-bond donors (Lipinski definition) is 1. The van der Waals surface area contributed by atoms with Gasteiger partial charge in [0.25, 0.3) is 5.91 Å². The number of pyridine rings is 1. The highest BCUT2D eigenvalue weighted by molar-refractivity contribution is 5.93. The molecule has 0 aliphatic carbocycles. The summed E-state index contributed by atoms with van der Waals surface area (Å²) in [5, 5.41) is 0. The molecule has 6 rings (SSSR count). The first-order valence-electron chi connectivity index (χ1n) is 15.5. The number of hydrogen-bond acceptors (Lipinski definition) is 7. The summed E-state index contributed by atoms with van der Waals surface area (Å²) in [5.74, 6) is 0.787. The van der Waals surface area contributed by atoms with E-state index in [2.05, 4.69) is 60.3 Å². The number of benzene rings is 2. The van der Waals surface area contributed by atoms with Crippen LogP contribution in [-0.2, 0) is 16.1 Å². The van der Waals surface area contributed by atoms with Crippen LogP contribution in [0.4, 0.5) is 4.79 Å². The smallest absolute Gasteiger partial charge is 0.321 e. The van der Waals surface area contributed by atoms with Crippen molar-refractivity contribution >= 4 is 11.9 Å². The topological polar surface area (TPSA) is 96.5 Å². The molecule has 3 saturated heterocycles. The van der Waals surface area contributed by atoms with E-state index >= 15 is 0 Å². The molecule has 0 radical (unpaired) electrons. The second-order valence-electron chi connectivity index (χ2n) is 11.8. The normalized spacial score (nSPS) is 20.2.